The summed E-state index contributed by atoms with van der Waals surface area (Å²) in [6.45, 7) is 4.28. The zero-order valence-corrected chi connectivity index (χ0v) is 38.5. The van der Waals surface area contributed by atoms with Crippen molar-refractivity contribution in [2.24, 2.45) is 0 Å². The Hall–Kier alpha value is -1.17. The molecule has 3 atom stereocenters. The maximum absolute atomic E-state index is 12.5. The van der Waals surface area contributed by atoms with E-state index in [1.54, 1.807) is 0 Å². The van der Waals surface area contributed by atoms with Gasteiger partial charge in [0.1, 0.15) is 0 Å². The summed E-state index contributed by atoms with van der Waals surface area (Å²) < 4.78 is 0. The monoisotopic (exact) mass is 804 g/mol. The number of carbonyl (C=O) groups is 1. The van der Waals surface area contributed by atoms with E-state index in [1.807, 2.05) is 0 Å². The molecule has 0 spiro atoms. The van der Waals surface area contributed by atoms with Crippen LogP contribution in [-0.4, -0.2) is 46.1 Å². The van der Waals surface area contributed by atoms with E-state index in [-0.39, 0.29) is 18.9 Å². The molecule has 5 nitrogen and oxygen atoms in total. The molecule has 5 heteroatoms. The molecule has 338 valence electrons. The summed E-state index contributed by atoms with van der Waals surface area (Å²) >= 11 is 0. The minimum Gasteiger partial charge on any atom is -0.394 e. The fraction of sp³-hybridized carbons (Fsp3) is 0.904. The van der Waals surface area contributed by atoms with E-state index < -0.39 is 18.2 Å². The number of carbonyl (C=O) groups excluding carboxylic acids is 1. The minimum atomic E-state index is -0.748. The lowest BCUT2D eigenvalue weighted by Crippen LogP contribution is -2.46. The summed E-state index contributed by atoms with van der Waals surface area (Å²) in [5.74, 6) is -0.281. The van der Waals surface area contributed by atoms with Gasteiger partial charge in [-0.3, -0.25) is 4.79 Å². The Morgan fingerprint density at radius 2 is 0.754 bits per heavy atom. The molecule has 4 N–H and O–H groups in total. The van der Waals surface area contributed by atoms with Crippen LogP contribution in [0.2, 0.25) is 0 Å². The van der Waals surface area contributed by atoms with Crippen molar-refractivity contribution in [1.82, 2.24) is 5.32 Å². The van der Waals surface area contributed by atoms with E-state index in [9.17, 15) is 20.1 Å². The first-order chi connectivity index (χ1) is 28.0. The summed E-state index contributed by atoms with van der Waals surface area (Å²) in [7, 11) is 0. The van der Waals surface area contributed by atoms with Crippen LogP contribution < -0.4 is 5.32 Å². The third-order valence-corrected chi connectivity index (χ3v) is 12.0. The van der Waals surface area contributed by atoms with Gasteiger partial charge in [-0.1, -0.05) is 250 Å². The standard InChI is InChI=1S/C52H101NO4/c1-3-5-7-9-11-13-15-17-19-20-21-22-23-24-25-26-27-28-29-30-32-33-35-37-39-41-43-45-49(55)47-52(57)53-50(48-54)51(56)46-44-42-40-38-36-34-31-18-16-14-12-10-8-6-4-2/h21-22,24-25,49-51,54-56H,3-20,23,26-48H2,1-2H3,(H,53,57)/b22-21-,25-24-. The number of hydrogen-bond donors (Lipinski definition) is 4. The highest BCUT2D eigenvalue weighted by molar-refractivity contribution is 5.76. The molecular weight excluding hydrogens is 703 g/mol. The Bertz CT molecular complexity index is 844. The molecule has 0 bridgehead atoms. The molecule has 0 radical (unpaired) electrons. The fourth-order valence-electron chi connectivity index (χ4n) is 8.08. The first-order valence-electron chi connectivity index (χ1n) is 25.6. The van der Waals surface area contributed by atoms with E-state index in [4.69, 9.17) is 0 Å². The van der Waals surface area contributed by atoms with Crippen LogP contribution in [-0.2, 0) is 4.79 Å². The average Bonchev–Trinajstić information content (AvgIpc) is 3.20. The minimum absolute atomic E-state index is 0.0370. The zero-order chi connectivity index (χ0) is 41.5. The molecule has 0 fully saturated rings. The summed E-state index contributed by atoms with van der Waals surface area (Å²) in [6.07, 6.45) is 58.8. The number of aliphatic hydroxyl groups excluding tert-OH is 3. The van der Waals surface area contributed by atoms with Crippen molar-refractivity contribution in [2.75, 3.05) is 6.61 Å². The van der Waals surface area contributed by atoms with Crippen molar-refractivity contribution in [2.45, 2.75) is 295 Å². The van der Waals surface area contributed by atoms with Crippen LogP contribution in [0.25, 0.3) is 0 Å². The molecule has 0 aromatic carbocycles. The van der Waals surface area contributed by atoms with Crippen LogP contribution in [0.1, 0.15) is 277 Å². The Kier molecular flexibility index (Phi) is 46.5. The molecule has 0 aromatic rings. The van der Waals surface area contributed by atoms with E-state index >= 15 is 0 Å². The first-order valence-corrected chi connectivity index (χ1v) is 25.6. The maximum atomic E-state index is 12.5. The van der Waals surface area contributed by atoms with Crippen molar-refractivity contribution >= 4 is 5.91 Å². The van der Waals surface area contributed by atoms with Gasteiger partial charge in [-0.05, 0) is 44.9 Å². The molecule has 1 amide bonds. The summed E-state index contributed by atoms with van der Waals surface area (Å²) in [5.41, 5.74) is 0. The van der Waals surface area contributed by atoms with Gasteiger partial charge >= 0.3 is 0 Å². The molecule has 0 aliphatic heterocycles. The van der Waals surface area contributed by atoms with Crippen LogP contribution in [0.3, 0.4) is 0 Å². The second kappa shape index (κ2) is 47.5. The molecule has 57 heavy (non-hydrogen) atoms. The third-order valence-electron chi connectivity index (χ3n) is 12.0. The summed E-state index contributed by atoms with van der Waals surface area (Å²) in [6, 6.07) is -0.657. The van der Waals surface area contributed by atoms with E-state index in [0.29, 0.717) is 12.8 Å². The van der Waals surface area contributed by atoms with Crippen molar-refractivity contribution in [3.05, 3.63) is 24.3 Å². The number of rotatable bonds is 47. The van der Waals surface area contributed by atoms with Gasteiger partial charge < -0.3 is 20.6 Å². The van der Waals surface area contributed by atoms with Crippen LogP contribution in [0.15, 0.2) is 24.3 Å². The lowest BCUT2D eigenvalue weighted by Gasteiger charge is -2.23. The number of aliphatic hydroxyl groups is 3. The maximum Gasteiger partial charge on any atom is 0.222 e. The molecule has 0 saturated carbocycles. The van der Waals surface area contributed by atoms with Gasteiger partial charge in [-0.15, -0.1) is 0 Å². The molecule has 0 rings (SSSR count). The van der Waals surface area contributed by atoms with Crippen molar-refractivity contribution in [1.29, 1.82) is 0 Å². The van der Waals surface area contributed by atoms with E-state index in [2.05, 4.69) is 43.5 Å². The molecule has 3 unspecified atom stereocenters. The normalized spacial score (nSPS) is 13.6. The van der Waals surface area contributed by atoms with Crippen molar-refractivity contribution in [3.63, 3.8) is 0 Å². The smallest absolute Gasteiger partial charge is 0.222 e. The highest BCUT2D eigenvalue weighted by atomic mass is 16.3. The van der Waals surface area contributed by atoms with Gasteiger partial charge in [0.2, 0.25) is 5.91 Å². The second-order valence-electron chi connectivity index (χ2n) is 17.8. The molecule has 0 heterocycles. The van der Waals surface area contributed by atoms with E-state index in [0.717, 1.165) is 32.1 Å². The molecule has 0 aliphatic carbocycles. The molecular formula is C52H101NO4. The SMILES string of the molecule is CCCCCCCCCCC/C=C\C/C=C\CCCCCCCCCCCCCC(O)CC(=O)NC(CO)C(O)CCCCCCCCCCCCCCCCC. The fourth-order valence-corrected chi connectivity index (χ4v) is 8.08. The zero-order valence-electron chi connectivity index (χ0n) is 38.5. The number of amides is 1. The first kappa shape index (κ1) is 55.8. The largest absolute Gasteiger partial charge is 0.394 e. The highest BCUT2D eigenvalue weighted by Crippen LogP contribution is 2.17. The molecule has 0 aromatic heterocycles. The Labute approximate surface area is 356 Å². The van der Waals surface area contributed by atoms with Crippen molar-refractivity contribution in [3.8, 4) is 0 Å². The van der Waals surface area contributed by atoms with Crippen LogP contribution >= 0.6 is 0 Å². The van der Waals surface area contributed by atoms with Crippen LogP contribution in [0.4, 0.5) is 0 Å². The average molecular weight is 804 g/mol. The Balaban J connectivity index is 3.55. The quantitative estimate of drug-likeness (QED) is 0.0364. The number of unbranched alkanes of at least 4 members (excludes halogenated alkanes) is 34. The Morgan fingerprint density at radius 3 is 1.11 bits per heavy atom. The lowest BCUT2D eigenvalue weighted by atomic mass is 10.0. The second-order valence-corrected chi connectivity index (χ2v) is 17.8. The van der Waals surface area contributed by atoms with Gasteiger partial charge in [0.25, 0.3) is 0 Å². The predicted molar refractivity (Wildman–Crippen MR) is 250 cm³/mol. The third kappa shape index (κ3) is 44.2. The summed E-state index contributed by atoms with van der Waals surface area (Å²) in [4.78, 5) is 12.5. The topological polar surface area (TPSA) is 89.8 Å². The predicted octanol–water partition coefficient (Wildman–Crippen LogP) is 15.3. The van der Waals surface area contributed by atoms with Gasteiger partial charge in [0.15, 0.2) is 0 Å². The number of hydrogen-bond acceptors (Lipinski definition) is 4. The summed E-state index contributed by atoms with van der Waals surface area (Å²) in [5, 5.41) is 33.5. The van der Waals surface area contributed by atoms with Crippen LogP contribution in [0.5, 0.6) is 0 Å². The van der Waals surface area contributed by atoms with Gasteiger partial charge in [0, 0.05) is 0 Å². The highest BCUT2D eigenvalue weighted by Gasteiger charge is 2.21. The van der Waals surface area contributed by atoms with Gasteiger partial charge in [-0.2, -0.15) is 0 Å². The van der Waals surface area contributed by atoms with Crippen molar-refractivity contribution < 1.29 is 20.1 Å². The van der Waals surface area contributed by atoms with Crippen LogP contribution in [0, 0.1) is 0 Å². The lowest BCUT2D eigenvalue weighted by molar-refractivity contribution is -0.125. The number of nitrogens with one attached hydrogen (secondary N) is 1. The van der Waals surface area contributed by atoms with Gasteiger partial charge in [-0.25, -0.2) is 0 Å². The number of allylic oxidation sites excluding steroid dienone is 4. The molecule has 0 aliphatic rings. The van der Waals surface area contributed by atoms with E-state index in [1.165, 1.54) is 212 Å². The van der Waals surface area contributed by atoms with Gasteiger partial charge in [0.05, 0.1) is 31.3 Å². The molecule has 0 saturated heterocycles. The Morgan fingerprint density at radius 1 is 0.439 bits per heavy atom.